The summed E-state index contributed by atoms with van der Waals surface area (Å²) >= 11 is 0. The first-order valence-electron chi connectivity index (χ1n) is 19.1. The fourth-order valence-electron chi connectivity index (χ4n) is 6.62. The molecular weight excluding hydrogens is 746 g/mol. The molecule has 1 unspecified atom stereocenters. The van der Waals surface area contributed by atoms with Crippen LogP contribution in [0, 0.1) is 12.7 Å². The van der Waals surface area contributed by atoms with Gasteiger partial charge in [0.05, 0.1) is 19.2 Å². The van der Waals surface area contributed by atoms with E-state index in [4.69, 9.17) is 19.9 Å². The second-order valence-electron chi connectivity index (χ2n) is 16.4. The van der Waals surface area contributed by atoms with Crippen molar-refractivity contribution in [2.45, 2.75) is 104 Å². The first-order valence-corrected chi connectivity index (χ1v) is 19.1. The number of nitrogens with one attached hydrogen (secondary N) is 1. The maximum atomic E-state index is 15.7. The lowest BCUT2D eigenvalue weighted by molar-refractivity contribution is -0.142. The second-order valence-corrected chi connectivity index (χ2v) is 16.4. The number of pyridine rings is 1. The molecule has 312 valence electrons. The van der Waals surface area contributed by atoms with E-state index in [2.05, 4.69) is 10.3 Å². The number of imide groups is 1. The summed E-state index contributed by atoms with van der Waals surface area (Å²) in [5, 5.41) is 13.2. The van der Waals surface area contributed by atoms with Crippen LogP contribution in [0.4, 0.5) is 31.2 Å². The molecule has 0 saturated carbocycles. The van der Waals surface area contributed by atoms with Crippen molar-refractivity contribution in [2.24, 2.45) is 0 Å². The number of esters is 1. The number of aliphatic hydroxyl groups is 1. The molecule has 0 spiro atoms. The number of nitrogen functional groups attached to an aromatic ring is 1. The van der Waals surface area contributed by atoms with Crippen LogP contribution in [0.2, 0.25) is 0 Å². The number of methoxy groups -OCH3 is 1. The lowest BCUT2D eigenvalue weighted by Gasteiger charge is -2.29. The SMILES string of the molecule is CC[C@@H](C(=O)OC)c1ccc(N)cc1CN(C)C(=O)C(Nc1ccc2c(N(C(=O)OC(C)(C)C)C(=O)OC(C)(C)C)ncc(F)c2c1)c1ccc([C@@H](C)CO)c(C)c1. The summed E-state index contributed by atoms with van der Waals surface area (Å²) in [5.74, 6) is -2.45. The minimum absolute atomic E-state index is 0.00668. The molecule has 58 heavy (non-hydrogen) atoms. The number of carbonyl (C=O) groups is 4. The third-order valence-corrected chi connectivity index (χ3v) is 9.39. The maximum absolute atomic E-state index is 15.7. The first-order chi connectivity index (χ1) is 27.1. The van der Waals surface area contributed by atoms with Crippen molar-refractivity contribution in [2.75, 3.05) is 36.7 Å². The van der Waals surface area contributed by atoms with E-state index < -0.39 is 47.1 Å². The van der Waals surface area contributed by atoms with Gasteiger partial charge in [-0.25, -0.2) is 19.0 Å². The Bertz CT molecular complexity index is 2130. The van der Waals surface area contributed by atoms with Gasteiger partial charge in [-0.1, -0.05) is 38.1 Å². The normalized spacial score (nSPS) is 13.3. The van der Waals surface area contributed by atoms with Crippen LogP contribution >= 0.6 is 0 Å². The van der Waals surface area contributed by atoms with Gasteiger partial charge in [-0.05, 0) is 113 Å². The predicted octanol–water partition coefficient (Wildman–Crippen LogP) is 8.52. The molecule has 4 aromatic rings. The fraction of sp³-hybridized carbons (Fsp3) is 0.432. The van der Waals surface area contributed by atoms with Gasteiger partial charge in [0.15, 0.2) is 5.82 Å². The Morgan fingerprint density at radius 3 is 2.09 bits per heavy atom. The number of aromatic nitrogens is 1. The second kappa shape index (κ2) is 18.2. The van der Waals surface area contributed by atoms with Crippen molar-refractivity contribution in [1.82, 2.24) is 9.88 Å². The molecule has 14 heteroatoms. The Morgan fingerprint density at radius 1 is 0.914 bits per heavy atom. The number of nitrogens with two attached hydrogens (primary N) is 1. The van der Waals surface area contributed by atoms with Crippen LogP contribution in [-0.2, 0) is 30.3 Å². The van der Waals surface area contributed by atoms with Crippen LogP contribution in [0.3, 0.4) is 0 Å². The zero-order valence-corrected chi connectivity index (χ0v) is 35.2. The number of aryl methyl sites for hydroxylation is 1. The van der Waals surface area contributed by atoms with E-state index >= 15 is 4.39 Å². The van der Waals surface area contributed by atoms with E-state index in [1.807, 2.05) is 32.9 Å². The number of ether oxygens (including phenoxy) is 3. The number of fused-ring (bicyclic) bond motifs is 1. The van der Waals surface area contributed by atoms with Gasteiger partial charge in [0.25, 0.3) is 0 Å². The van der Waals surface area contributed by atoms with Crippen LogP contribution in [0.15, 0.2) is 60.8 Å². The summed E-state index contributed by atoms with van der Waals surface area (Å²) in [5.41, 5.74) is 8.72. The van der Waals surface area contributed by atoms with E-state index in [0.717, 1.165) is 17.3 Å². The summed E-state index contributed by atoms with van der Waals surface area (Å²) < 4.78 is 31.8. The summed E-state index contributed by atoms with van der Waals surface area (Å²) in [7, 11) is 2.97. The number of rotatable bonds is 12. The van der Waals surface area contributed by atoms with Gasteiger partial charge >= 0.3 is 18.2 Å². The van der Waals surface area contributed by atoms with Gasteiger partial charge in [-0.2, -0.15) is 4.90 Å². The number of likely N-dealkylation sites (N-methyl/N-ethyl adjacent to an activating group) is 1. The fourth-order valence-corrected chi connectivity index (χ4v) is 6.62. The Hall–Kier alpha value is -5.76. The van der Waals surface area contributed by atoms with Gasteiger partial charge in [-0.15, -0.1) is 0 Å². The lowest BCUT2D eigenvalue weighted by atomic mass is 9.91. The number of anilines is 3. The molecule has 0 radical (unpaired) electrons. The Morgan fingerprint density at radius 2 is 1.53 bits per heavy atom. The highest BCUT2D eigenvalue weighted by Crippen LogP contribution is 2.34. The quantitative estimate of drug-likeness (QED) is 0.0712. The van der Waals surface area contributed by atoms with Crippen molar-refractivity contribution in [3.8, 4) is 0 Å². The van der Waals surface area contributed by atoms with E-state index in [1.165, 1.54) is 24.1 Å². The Labute approximate surface area is 339 Å². The van der Waals surface area contributed by atoms with Gasteiger partial charge in [0, 0.05) is 48.3 Å². The van der Waals surface area contributed by atoms with E-state index in [0.29, 0.717) is 39.4 Å². The highest BCUT2D eigenvalue weighted by atomic mass is 19.1. The highest BCUT2D eigenvalue weighted by molar-refractivity contribution is 6.14. The third-order valence-electron chi connectivity index (χ3n) is 9.39. The summed E-state index contributed by atoms with van der Waals surface area (Å²) in [6, 6.07) is 14.3. The molecule has 0 saturated heterocycles. The molecule has 1 aromatic heterocycles. The van der Waals surface area contributed by atoms with Crippen LogP contribution in [0.5, 0.6) is 0 Å². The maximum Gasteiger partial charge on any atom is 0.425 e. The van der Waals surface area contributed by atoms with Gasteiger partial charge < -0.3 is 35.3 Å². The van der Waals surface area contributed by atoms with Gasteiger partial charge in [0.1, 0.15) is 23.1 Å². The summed E-state index contributed by atoms with van der Waals surface area (Å²) in [6.45, 7) is 15.5. The molecule has 0 bridgehead atoms. The van der Waals surface area contributed by atoms with Crippen molar-refractivity contribution >= 4 is 52.0 Å². The van der Waals surface area contributed by atoms with Gasteiger partial charge in [0.2, 0.25) is 5.91 Å². The van der Waals surface area contributed by atoms with Crippen molar-refractivity contribution in [3.05, 3.63) is 94.4 Å². The zero-order chi connectivity index (χ0) is 43.3. The number of benzene rings is 3. The molecule has 3 atom stereocenters. The molecule has 0 fully saturated rings. The number of aliphatic hydroxyl groups excluding tert-OH is 1. The summed E-state index contributed by atoms with van der Waals surface area (Å²) in [4.78, 5) is 60.6. The van der Waals surface area contributed by atoms with Crippen LogP contribution < -0.4 is 16.0 Å². The molecule has 3 amide bonds. The lowest BCUT2D eigenvalue weighted by Crippen LogP contribution is -2.44. The highest BCUT2D eigenvalue weighted by Gasteiger charge is 2.35. The molecule has 4 N–H and O–H groups in total. The average molecular weight is 802 g/mol. The van der Waals surface area contributed by atoms with Crippen LogP contribution in [-0.4, -0.2) is 71.0 Å². The molecule has 0 aliphatic carbocycles. The first kappa shape index (κ1) is 44.9. The molecule has 13 nitrogen and oxygen atoms in total. The minimum atomic E-state index is -1.06. The largest absolute Gasteiger partial charge is 0.469 e. The van der Waals surface area contributed by atoms with Crippen molar-refractivity contribution in [1.29, 1.82) is 0 Å². The Kier molecular flexibility index (Phi) is 14.1. The predicted molar refractivity (Wildman–Crippen MR) is 222 cm³/mol. The molecule has 0 aliphatic heterocycles. The van der Waals surface area contributed by atoms with Gasteiger partial charge in [-0.3, -0.25) is 9.59 Å². The smallest absolute Gasteiger partial charge is 0.425 e. The molecule has 0 aliphatic rings. The standard InChI is InChI=1S/C44H56FN5O8/c1-12-31(40(53)56-11)33-17-14-29(46)20-28(33)23-49(10)39(52)37(27-13-16-32(25(2)19-27)26(3)24-51)48-30-15-18-34-35(21-30)36(45)22-47-38(34)50(41(54)57-43(4,5)6)42(55)58-44(7,8)9/h13-22,26,31,37,48,51H,12,23-24,46H2,1-11H3/t26-,31+,37?/m0/s1. The number of amides is 3. The topological polar surface area (TPSA) is 174 Å². The zero-order valence-electron chi connectivity index (χ0n) is 35.2. The van der Waals surface area contributed by atoms with Crippen LogP contribution in [0.1, 0.15) is 108 Å². The molecular formula is C44H56FN5O8. The van der Waals surface area contributed by atoms with E-state index in [-0.39, 0.29) is 41.6 Å². The summed E-state index contributed by atoms with van der Waals surface area (Å²) in [6.07, 6.45) is -0.766. The monoisotopic (exact) mass is 801 g/mol. The van der Waals surface area contributed by atoms with E-state index in [1.54, 1.807) is 78.9 Å². The number of carbonyl (C=O) groups excluding carboxylic acids is 4. The van der Waals surface area contributed by atoms with Crippen molar-refractivity contribution in [3.63, 3.8) is 0 Å². The number of halogens is 1. The number of hydrogen-bond acceptors (Lipinski definition) is 11. The average Bonchev–Trinajstić information content (AvgIpc) is 3.13. The van der Waals surface area contributed by atoms with Crippen molar-refractivity contribution < 1.29 is 42.9 Å². The molecule has 3 aromatic carbocycles. The molecule has 4 rings (SSSR count). The molecule has 1 heterocycles. The third kappa shape index (κ3) is 10.8. The minimum Gasteiger partial charge on any atom is -0.469 e. The van der Waals surface area contributed by atoms with E-state index in [9.17, 15) is 24.3 Å². The number of hydrogen-bond donors (Lipinski definition) is 3. The number of nitrogens with zero attached hydrogens (tertiary/aromatic N) is 3. The van der Waals surface area contributed by atoms with Crippen LogP contribution in [0.25, 0.3) is 10.8 Å². The Balaban J connectivity index is 1.82.